The summed E-state index contributed by atoms with van der Waals surface area (Å²) in [4.78, 5) is 29.4. The first-order valence-corrected chi connectivity index (χ1v) is 9.42. The van der Waals surface area contributed by atoms with E-state index in [-0.39, 0.29) is 31.1 Å². The van der Waals surface area contributed by atoms with Crippen molar-refractivity contribution >= 4 is 23.2 Å². The maximum Gasteiger partial charge on any atom is 0.397 e. The first kappa shape index (κ1) is 19.1. The third-order valence-electron chi connectivity index (χ3n) is 4.49. The van der Waals surface area contributed by atoms with E-state index in [2.05, 4.69) is 10.3 Å². The first-order valence-electron chi connectivity index (χ1n) is 8.54. The standard InChI is InChI=1S/C16H20F3N3O3S/c17-16(18,19)8-13(23)22-5-3-10(4-6-22)20-14(24)11-9-26-15(21-11)12-2-1-7-25-12/h9-10,12H,1-8H2,(H,20,24). The normalized spacial score (nSPS) is 21.8. The monoisotopic (exact) mass is 391 g/mol. The number of likely N-dealkylation sites (tertiary alicyclic amines) is 1. The van der Waals surface area contributed by atoms with Crippen LogP contribution in [0.5, 0.6) is 0 Å². The molecule has 2 aliphatic heterocycles. The van der Waals surface area contributed by atoms with E-state index in [4.69, 9.17) is 4.74 Å². The SMILES string of the molecule is O=C(NC1CCN(C(=O)CC(F)(F)F)CC1)c1csc(C2CCCO2)n1. The lowest BCUT2D eigenvalue weighted by Crippen LogP contribution is -2.47. The Morgan fingerprint density at radius 3 is 2.65 bits per heavy atom. The summed E-state index contributed by atoms with van der Waals surface area (Å²) in [6.45, 7) is 1.12. The van der Waals surface area contributed by atoms with Crippen molar-refractivity contribution in [2.45, 2.75) is 50.4 Å². The number of ether oxygens (including phenoxy) is 1. The van der Waals surface area contributed by atoms with Crippen molar-refractivity contribution in [1.29, 1.82) is 0 Å². The summed E-state index contributed by atoms with van der Waals surface area (Å²) in [7, 11) is 0. The van der Waals surface area contributed by atoms with Gasteiger partial charge in [0.15, 0.2) is 0 Å². The molecule has 1 aromatic rings. The summed E-state index contributed by atoms with van der Waals surface area (Å²) in [6, 6.07) is -0.176. The van der Waals surface area contributed by atoms with E-state index in [9.17, 15) is 22.8 Å². The largest absolute Gasteiger partial charge is 0.397 e. The maximum absolute atomic E-state index is 12.3. The van der Waals surface area contributed by atoms with Crippen molar-refractivity contribution in [3.05, 3.63) is 16.1 Å². The van der Waals surface area contributed by atoms with Crippen molar-refractivity contribution < 1.29 is 27.5 Å². The molecule has 1 atom stereocenters. The molecule has 0 bridgehead atoms. The predicted molar refractivity (Wildman–Crippen MR) is 87.8 cm³/mol. The van der Waals surface area contributed by atoms with Gasteiger partial charge in [-0.05, 0) is 25.7 Å². The van der Waals surface area contributed by atoms with Crippen LogP contribution < -0.4 is 5.32 Å². The lowest BCUT2D eigenvalue weighted by molar-refractivity contribution is -0.162. The molecule has 3 rings (SSSR count). The summed E-state index contributed by atoms with van der Waals surface area (Å²) < 4.78 is 42.4. The van der Waals surface area contributed by atoms with Gasteiger partial charge in [0.05, 0.1) is 0 Å². The average molecular weight is 391 g/mol. The molecular weight excluding hydrogens is 371 g/mol. The number of hydrogen-bond donors (Lipinski definition) is 1. The average Bonchev–Trinajstić information content (AvgIpc) is 3.25. The molecular formula is C16H20F3N3O3S. The summed E-state index contributed by atoms with van der Waals surface area (Å²) in [6.07, 6.45) is -3.22. The van der Waals surface area contributed by atoms with E-state index in [1.165, 1.54) is 16.2 Å². The lowest BCUT2D eigenvalue weighted by Gasteiger charge is -2.32. The highest BCUT2D eigenvalue weighted by molar-refractivity contribution is 7.09. The third-order valence-corrected chi connectivity index (χ3v) is 5.43. The summed E-state index contributed by atoms with van der Waals surface area (Å²) >= 11 is 1.39. The Morgan fingerprint density at radius 2 is 2.04 bits per heavy atom. The smallest absolute Gasteiger partial charge is 0.371 e. The molecule has 1 N–H and O–H groups in total. The van der Waals surface area contributed by atoms with Crippen LogP contribution in [0.2, 0.25) is 0 Å². The maximum atomic E-state index is 12.3. The minimum absolute atomic E-state index is 0.0376. The second kappa shape index (κ2) is 7.91. The molecule has 3 heterocycles. The minimum atomic E-state index is -4.49. The van der Waals surface area contributed by atoms with Gasteiger partial charge in [-0.15, -0.1) is 11.3 Å². The number of carbonyl (C=O) groups excluding carboxylic acids is 2. The highest BCUT2D eigenvalue weighted by atomic mass is 32.1. The van der Waals surface area contributed by atoms with Gasteiger partial charge in [0, 0.05) is 31.1 Å². The molecule has 2 saturated heterocycles. The van der Waals surface area contributed by atoms with Crippen LogP contribution in [0.25, 0.3) is 0 Å². The van der Waals surface area contributed by atoms with Crippen LogP contribution in [0.4, 0.5) is 13.2 Å². The molecule has 2 aliphatic rings. The van der Waals surface area contributed by atoms with Gasteiger partial charge in [-0.3, -0.25) is 9.59 Å². The second-order valence-electron chi connectivity index (χ2n) is 6.49. The van der Waals surface area contributed by atoms with Gasteiger partial charge in [-0.1, -0.05) is 0 Å². The number of hydrogen-bond acceptors (Lipinski definition) is 5. The van der Waals surface area contributed by atoms with Crippen molar-refractivity contribution in [3.63, 3.8) is 0 Å². The Labute approximate surface area is 152 Å². The first-order chi connectivity index (χ1) is 12.3. The van der Waals surface area contributed by atoms with Crippen LogP contribution >= 0.6 is 11.3 Å². The Morgan fingerprint density at radius 1 is 1.31 bits per heavy atom. The van der Waals surface area contributed by atoms with Crippen LogP contribution in [-0.2, 0) is 9.53 Å². The molecule has 6 nitrogen and oxygen atoms in total. The fraction of sp³-hybridized carbons (Fsp3) is 0.688. The number of nitrogens with zero attached hydrogens (tertiary/aromatic N) is 2. The molecule has 2 amide bonds. The zero-order chi connectivity index (χ0) is 18.7. The number of piperidine rings is 1. The zero-order valence-corrected chi connectivity index (χ0v) is 14.9. The fourth-order valence-corrected chi connectivity index (χ4v) is 4.01. The number of thiazole rings is 1. The molecule has 2 fully saturated rings. The minimum Gasteiger partial charge on any atom is -0.371 e. The van der Waals surface area contributed by atoms with Gasteiger partial charge in [0.25, 0.3) is 5.91 Å². The summed E-state index contributed by atoms with van der Waals surface area (Å²) in [5, 5.41) is 5.33. The van der Waals surface area contributed by atoms with E-state index >= 15 is 0 Å². The van der Waals surface area contributed by atoms with E-state index in [1.807, 2.05) is 0 Å². The van der Waals surface area contributed by atoms with Crippen LogP contribution in [0.1, 0.15) is 53.7 Å². The molecule has 1 aromatic heterocycles. The summed E-state index contributed by atoms with van der Waals surface area (Å²) in [5.41, 5.74) is 0.330. The van der Waals surface area contributed by atoms with Crippen molar-refractivity contribution in [2.75, 3.05) is 19.7 Å². The number of aromatic nitrogens is 1. The second-order valence-corrected chi connectivity index (χ2v) is 7.38. The zero-order valence-electron chi connectivity index (χ0n) is 14.1. The topological polar surface area (TPSA) is 71.5 Å². The highest BCUT2D eigenvalue weighted by Gasteiger charge is 2.35. The van der Waals surface area contributed by atoms with E-state index in [0.717, 1.165) is 17.8 Å². The number of halogens is 3. The van der Waals surface area contributed by atoms with Crippen molar-refractivity contribution in [2.24, 2.45) is 0 Å². The highest BCUT2D eigenvalue weighted by Crippen LogP contribution is 2.30. The molecule has 1 unspecified atom stereocenters. The predicted octanol–water partition coefficient (Wildman–Crippen LogP) is 2.67. The Hall–Kier alpha value is -1.68. The van der Waals surface area contributed by atoms with Gasteiger partial charge in [-0.2, -0.15) is 13.2 Å². The van der Waals surface area contributed by atoms with Crippen LogP contribution in [0.15, 0.2) is 5.38 Å². The number of carbonyl (C=O) groups is 2. The summed E-state index contributed by atoms with van der Waals surface area (Å²) in [5.74, 6) is -1.21. The van der Waals surface area contributed by atoms with E-state index < -0.39 is 18.5 Å². The number of nitrogens with one attached hydrogen (secondary N) is 1. The molecule has 0 spiro atoms. The van der Waals surface area contributed by atoms with Crippen molar-refractivity contribution in [1.82, 2.24) is 15.2 Å². The Bertz CT molecular complexity index is 651. The molecule has 0 aliphatic carbocycles. The van der Waals surface area contributed by atoms with Crippen LogP contribution in [0, 0.1) is 0 Å². The van der Waals surface area contributed by atoms with Crippen LogP contribution in [0.3, 0.4) is 0 Å². The number of amides is 2. The third kappa shape index (κ3) is 4.94. The van der Waals surface area contributed by atoms with Crippen molar-refractivity contribution in [3.8, 4) is 0 Å². The van der Waals surface area contributed by atoms with Gasteiger partial charge in [0.2, 0.25) is 5.91 Å². The Balaban J connectivity index is 1.47. The van der Waals surface area contributed by atoms with Crippen LogP contribution in [-0.4, -0.2) is 53.6 Å². The molecule has 26 heavy (non-hydrogen) atoms. The molecule has 10 heteroatoms. The molecule has 0 radical (unpaired) electrons. The van der Waals surface area contributed by atoms with Gasteiger partial charge >= 0.3 is 6.18 Å². The van der Waals surface area contributed by atoms with E-state index in [0.29, 0.717) is 25.1 Å². The lowest BCUT2D eigenvalue weighted by atomic mass is 10.0. The number of alkyl halides is 3. The van der Waals surface area contributed by atoms with E-state index in [1.54, 1.807) is 5.38 Å². The number of rotatable bonds is 4. The van der Waals surface area contributed by atoms with Gasteiger partial charge < -0.3 is 15.0 Å². The van der Waals surface area contributed by atoms with Gasteiger partial charge in [-0.25, -0.2) is 4.98 Å². The molecule has 0 aromatic carbocycles. The fourth-order valence-electron chi connectivity index (χ4n) is 3.13. The van der Waals surface area contributed by atoms with Gasteiger partial charge in [0.1, 0.15) is 23.2 Å². The quantitative estimate of drug-likeness (QED) is 0.857. The Kier molecular flexibility index (Phi) is 5.81. The molecule has 144 valence electrons. The molecule has 0 saturated carbocycles.